The van der Waals surface area contributed by atoms with Crippen LogP contribution in [-0.4, -0.2) is 72.3 Å². The number of allylic oxidation sites excluding steroid dienone is 2. The van der Waals surface area contributed by atoms with Gasteiger partial charge in [0.15, 0.2) is 6.10 Å². The topological polar surface area (TPSA) is 87.2 Å². The van der Waals surface area contributed by atoms with Crippen LogP contribution in [0.25, 0.3) is 0 Å². The molecule has 2 aliphatic heterocycles. The molecule has 0 saturated carbocycles. The van der Waals surface area contributed by atoms with Crippen LogP contribution in [0.3, 0.4) is 0 Å². The minimum absolute atomic E-state index is 0.266. The molecule has 1 aromatic rings. The largest absolute Gasteiger partial charge is 0.451 e. The summed E-state index contributed by atoms with van der Waals surface area (Å²) in [6, 6.07) is 10.0. The predicted octanol–water partition coefficient (Wildman–Crippen LogP) is 1.22. The third kappa shape index (κ3) is 4.33. The highest BCUT2D eigenvalue weighted by Crippen LogP contribution is 2.34. The van der Waals surface area contributed by atoms with Gasteiger partial charge in [-0.05, 0) is 31.9 Å². The molecule has 8 heteroatoms. The Hall–Kier alpha value is -3.16. The third-order valence-corrected chi connectivity index (χ3v) is 6.25. The van der Waals surface area contributed by atoms with Gasteiger partial charge in [-0.25, -0.2) is 0 Å². The fraction of sp³-hybridized carbons (Fsp3) is 0.478. The van der Waals surface area contributed by atoms with E-state index < -0.39 is 18.6 Å². The summed E-state index contributed by atoms with van der Waals surface area (Å²) in [5.74, 6) is -2.43. The van der Waals surface area contributed by atoms with Crippen molar-refractivity contribution in [2.75, 3.05) is 37.6 Å². The maximum Gasteiger partial charge on any atom is 0.326 e. The second-order valence-corrected chi connectivity index (χ2v) is 8.20. The lowest BCUT2D eigenvalue weighted by Crippen LogP contribution is -2.52. The van der Waals surface area contributed by atoms with Gasteiger partial charge in [0.05, 0.1) is 11.8 Å². The van der Waals surface area contributed by atoms with Crippen molar-refractivity contribution in [3.05, 3.63) is 42.5 Å². The van der Waals surface area contributed by atoms with Crippen molar-refractivity contribution in [1.82, 2.24) is 9.80 Å². The van der Waals surface area contributed by atoms with Gasteiger partial charge in [-0.2, -0.15) is 0 Å². The SMILES string of the molecule is C[C@@H](OC(=O)CN1C(=O)[C@H]2CC=CC[C@H]2C1=O)C(=O)N1CCN(c2ccccc2)CC1. The molecule has 4 rings (SSSR count). The summed E-state index contributed by atoms with van der Waals surface area (Å²) in [5.41, 5.74) is 1.12. The maximum absolute atomic E-state index is 12.7. The zero-order valence-corrected chi connectivity index (χ0v) is 17.6. The van der Waals surface area contributed by atoms with Crippen LogP contribution in [0.15, 0.2) is 42.5 Å². The van der Waals surface area contributed by atoms with E-state index in [1.807, 2.05) is 42.5 Å². The standard InChI is InChI=1S/C23H27N3O5/c1-16(21(28)25-13-11-24(12-14-25)17-7-3-2-4-8-17)31-20(27)15-26-22(29)18-9-5-6-10-19(18)23(26)30/h2-8,16,18-19H,9-15H2,1H3/t16-,18-,19+/m1/s1. The van der Waals surface area contributed by atoms with Gasteiger partial charge in [0.25, 0.3) is 5.91 Å². The lowest BCUT2D eigenvalue weighted by atomic mass is 9.85. The molecule has 0 unspecified atom stereocenters. The van der Waals surface area contributed by atoms with Crippen LogP contribution < -0.4 is 4.90 Å². The Morgan fingerprint density at radius 1 is 0.968 bits per heavy atom. The van der Waals surface area contributed by atoms with E-state index >= 15 is 0 Å². The lowest BCUT2D eigenvalue weighted by molar-refractivity contribution is -0.162. The van der Waals surface area contributed by atoms with Crippen molar-refractivity contribution in [2.24, 2.45) is 11.8 Å². The molecule has 8 nitrogen and oxygen atoms in total. The summed E-state index contributed by atoms with van der Waals surface area (Å²) in [5, 5.41) is 0. The zero-order chi connectivity index (χ0) is 22.0. The molecular formula is C23H27N3O5. The number of imide groups is 1. The van der Waals surface area contributed by atoms with Crippen molar-refractivity contribution in [3.63, 3.8) is 0 Å². The number of hydrogen-bond acceptors (Lipinski definition) is 6. The average Bonchev–Trinajstić information content (AvgIpc) is 3.04. The van der Waals surface area contributed by atoms with Crippen molar-refractivity contribution in [2.45, 2.75) is 25.9 Å². The highest BCUT2D eigenvalue weighted by Gasteiger charge is 2.48. The van der Waals surface area contributed by atoms with E-state index in [0.29, 0.717) is 39.0 Å². The van der Waals surface area contributed by atoms with E-state index in [2.05, 4.69) is 4.90 Å². The predicted molar refractivity (Wildman–Crippen MR) is 113 cm³/mol. The van der Waals surface area contributed by atoms with Crippen molar-refractivity contribution in [1.29, 1.82) is 0 Å². The van der Waals surface area contributed by atoms with Gasteiger partial charge in [-0.15, -0.1) is 0 Å². The molecule has 1 aliphatic carbocycles. The summed E-state index contributed by atoms with van der Waals surface area (Å²) < 4.78 is 5.28. The number of para-hydroxylation sites is 1. The van der Waals surface area contributed by atoms with Crippen LogP contribution in [0.2, 0.25) is 0 Å². The first-order valence-corrected chi connectivity index (χ1v) is 10.7. The minimum atomic E-state index is -0.965. The van der Waals surface area contributed by atoms with Crippen molar-refractivity contribution in [3.8, 4) is 0 Å². The number of benzene rings is 1. The zero-order valence-electron chi connectivity index (χ0n) is 17.6. The summed E-state index contributed by atoms with van der Waals surface area (Å²) in [6.07, 6.45) is 3.86. The molecule has 0 radical (unpaired) electrons. The van der Waals surface area contributed by atoms with Gasteiger partial charge in [0.1, 0.15) is 6.54 Å². The Kier molecular flexibility index (Phi) is 6.06. The Labute approximate surface area is 181 Å². The molecule has 3 aliphatic rings. The van der Waals surface area contributed by atoms with Gasteiger partial charge in [-0.1, -0.05) is 30.4 Å². The average molecular weight is 425 g/mol. The van der Waals surface area contributed by atoms with Gasteiger partial charge in [-0.3, -0.25) is 24.1 Å². The van der Waals surface area contributed by atoms with E-state index in [9.17, 15) is 19.2 Å². The molecular weight excluding hydrogens is 398 g/mol. The number of carbonyl (C=O) groups is 4. The van der Waals surface area contributed by atoms with Crippen molar-refractivity contribution < 1.29 is 23.9 Å². The van der Waals surface area contributed by atoms with Crippen LogP contribution in [0.5, 0.6) is 0 Å². The highest BCUT2D eigenvalue weighted by atomic mass is 16.5. The van der Waals surface area contributed by atoms with E-state index in [-0.39, 0.29) is 29.6 Å². The first-order valence-electron chi connectivity index (χ1n) is 10.7. The summed E-state index contributed by atoms with van der Waals surface area (Å²) in [7, 11) is 0. The number of rotatable bonds is 5. The number of ether oxygens (including phenoxy) is 1. The molecule has 0 N–H and O–H groups in total. The molecule has 1 aromatic carbocycles. The first-order chi connectivity index (χ1) is 15.0. The number of fused-ring (bicyclic) bond motifs is 1. The van der Waals surface area contributed by atoms with Crippen molar-refractivity contribution >= 4 is 29.4 Å². The number of likely N-dealkylation sites (tertiary alicyclic amines) is 1. The number of hydrogen-bond donors (Lipinski definition) is 0. The maximum atomic E-state index is 12.7. The van der Waals surface area contributed by atoms with Crippen LogP contribution >= 0.6 is 0 Å². The molecule has 2 saturated heterocycles. The summed E-state index contributed by atoms with van der Waals surface area (Å²) >= 11 is 0. The Bertz CT molecular complexity index is 866. The van der Waals surface area contributed by atoms with E-state index in [1.165, 1.54) is 6.92 Å². The molecule has 2 heterocycles. The second-order valence-electron chi connectivity index (χ2n) is 8.20. The number of esters is 1. The van der Waals surface area contributed by atoms with Gasteiger partial charge >= 0.3 is 5.97 Å². The van der Waals surface area contributed by atoms with Gasteiger partial charge < -0.3 is 14.5 Å². The lowest BCUT2D eigenvalue weighted by Gasteiger charge is -2.37. The summed E-state index contributed by atoms with van der Waals surface area (Å²) in [4.78, 5) is 54.9. The fourth-order valence-electron chi connectivity index (χ4n) is 4.52. The molecule has 0 bridgehead atoms. The number of carbonyl (C=O) groups excluding carboxylic acids is 4. The normalized spacial score (nSPS) is 24.2. The third-order valence-electron chi connectivity index (χ3n) is 6.25. The first kappa shape index (κ1) is 21.1. The van der Waals surface area contributed by atoms with Gasteiger partial charge in [0, 0.05) is 31.9 Å². The Balaban J connectivity index is 1.27. The molecule has 164 valence electrons. The molecule has 2 fully saturated rings. The van der Waals surface area contributed by atoms with E-state index in [4.69, 9.17) is 4.74 Å². The van der Waals surface area contributed by atoms with Crippen LogP contribution in [0.1, 0.15) is 19.8 Å². The smallest absolute Gasteiger partial charge is 0.326 e. The number of nitrogens with zero attached hydrogens (tertiary/aromatic N) is 3. The van der Waals surface area contributed by atoms with Crippen LogP contribution in [-0.2, 0) is 23.9 Å². The Morgan fingerprint density at radius 2 is 1.55 bits per heavy atom. The van der Waals surface area contributed by atoms with E-state index in [1.54, 1.807) is 4.90 Å². The quantitative estimate of drug-likeness (QED) is 0.401. The summed E-state index contributed by atoms with van der Waals surface area (Å²) in [6.45, 7) is 3.56. The van der Waals surface area contributed by atoms with Crippen LogP contribution in [0.4, 0.5) is 5.69 Å². The van der Waals surface area contributed by atoms with E-state index in [0.717, 1.165) is 10.6 Å². The molecule has 0 spiro atoms. The number of amides is 3. The molecule has 3 amide bonds. The number of anilines is 1. The highest BCUT2D eigenvalue weighted by molar-refractivity contribution is 6.07. The monoisotopic (exact) mass is 425 g/mol. The fourth-order valence-corrected chi connectivity index (χ4v) is 4.52. The molecule has 31 heavy (non-hydrogen) atoms. The second kappa shape index (κ2) is 8.91. The molecule has 0 aromatic heterocycles. The molecule has 3 atom stereocenters. The Morgan fingerprint density at radius 3 is 2.13 bits per heavy atom. The number of piperazine rings is 1. The van der Waals surface area contributed by atoms with Crippen LogP contribution in [0, 0.1) is 11.8 Å². The van der Waals surface area contributed by atoms with Gasteiger partial charge in [0.2, 0.25) is 11.8 Å². The minimum Gasteiger partial charge on any atom is -0.451 e.